The van der Waals surface area contributed by atoms with Gasteiger partial charge in [0, 0.05) is 18.6 Å². The second kappa shape index (κ2) is 4.81. The Balaban J connectivity index is 2.05. The van der Waals surface area contributed by atoms with Gasteiger partial charge in [0.15, 0.2) is 0 Å². The Bertz CT molecular complexity index is 765. The molecule has 0 N–H and O–H groups in total. The Morgan fingerprint density at radius 1 is 1.10 bits per heavy atom. The minimum Gasteiger partial charge on any atom is -0.274 e. The van der Waals surface area contributed by atoms with Crippen molar-refractivity contribution in [3.05, 3.63) is 42.0 Å². The van der Waals surface area contributed by atoms with Crippen molar-refractivity contribution in [1.29, 1.82) is 0 Å². The summed E-state index contributed by atoms with van der Waals surface area (Å²) < 4.78 is 40.0. The van der Waals surface area contributed by atoms with E-state index >= 15 is 0 Å². The highest BCUT2D eigenvalue weighted by molar-refractivity contribution is 6.28. The number of hydrogen-bond acceptors (Lipinski definition) is 5. The van der Waals surface area contributed by atoms with E-state index in [4.69, 9.17) is 11.6 Å². The maximum atomic E-state index is 12.6. The van der Waals surface area contributed by atoms with E-state index in [9.17, 15) is 13.2 Å². The fraction of sp³-hybridized carbons (Fsp3) is 0.100. The molecule has 0 unspecified atom stereocenters. The van der Waals surface area contributed by atoms with Crippen molar-refractivity contribution in [2.75, 3.05) is 0 Å². The quantitative estimate of drug-likeness (QED) is 0.722. The summed E-state index contributed by atoms with van der Waals surface area (Å²) in [6, 6.07) is 0. The number of rotatable bonds is 2. The summed E-state index contributed by atoms with van der Waals surface area (Å²) in [5.74, 6) is -0.0132. The summed E-state index contributed by atoms with van der Waals surface area (Å²) in [6.07, 6.45) is 1.41. The molecule has 0 aliphatic heterocycles. The molecule has 11 heteroatoms. The first kappa shape index (κ1) is 13.5. The fourth-order valence-corrected chi connectivity index (χ4v) is 1.65. The van der Waals surface area contributed by atoms with Gasteiger partial charge in [0.05, 0.1) is 11.8 Å². The molecule has 3 rings (SSSR count). The highest BCUT2D eigenvalue weighted by Crippen LogP contribution is 2.28. The topological polar surface area (TPSA) is 74.3 Å². The largest absolute Gasteiger partial charge is 0.419 e. The maximum Gasteiger partial charge on any atom is 0.419 e. The zero-order valence-corrected chi connectivity index (χ0v) is 10.8. The Hall–Kier alpha value is -2.49. The van der Waals surface area contributed by atoms with Crippen LogP contribution in [0, 0.1) is 0 Å². The van der Waals surface area contributed by atoms with Gasteiger partial charge in [-0.1, -0.05) is 0 Å². The Morgan fingerprint density at radius 3 is 2.48 bits per heavy atom. The van der Waals surface area contributed by atoms with E-state index in [0.29, 0.717) is 6.20 Å². The van der Waals surface area contributed by atoms with Crippen LogP contribution in [-0.4, -0.2) is 34.3 Å². The Labute approximate surface area is 120 Å². The van der Waals surface area contributed by atoms with Gasteiger partial charge in [-0.3, -0.25) is 4.57 Å². The first-order chi connectivity index (χ1) is 9.93. The molecule has 0 amide bonds. The first-order valence-corrected chi connectivity index (χ1v) is 5.83. The SMILES string of the molecule is FC(F)(F)c1cnn(-c2nc(Cl)nc(-n3ccnc3)n2)c1. The average Bonchev–Trinajstić information content (AvgIpc) is 3.09. The number of imidazole rings is 1. The van der Waals surface area contributed by atoms with Crippen molar-refractivity contribution in [3.63, 3.8) is 0 Å². The van der Waals surface area contributed by atoms with Crippen LogP contribution in [-0.2, 0) is 6.18 Å². The van der Waals surface area contributed by atoms with Gasteiger partial charge < -0.3 is 0 Å². The predicted molar refractivity (Wildman–Crippen MR) is 64.1 cm³/mol. The van der Waals surface area contributed by atoms with Gasteiger partial charge in [-0.05, 0) is 11.6 Å². The number of aromatic nitrogens is 7. The van der Waals surface area contributed by atoms with Gasteiger partial charge in [0.2, 0.25) is 11.2 Å². The highest BCUT2D eigenvalue weighted by Gasteiger charge is 2.32. The molecule has 0 aliphatic carbocycles. The highest BCUT2D eigenvalue weighted by atomic mass is 35.5. The standard InChI is InChI=1S/C10H5ClF3N7/c11-7-17-8(20-2-1-15-5-20)19-9(18-7)21-4-6(3-16-21)10(12,13)14/h1-5H. The van der Waals surface area contributed by atoms with Gasteiger partial charge in [0.1, 0.15) is 6.33 Å². The molecule has 21 heavy (non-hydrogen) atoms. The van der Waals surface area contributed by atoms with Gasteiger partial charge in [-0.25, -0.2) is 9.67 Å². The van der Waals surface area contributed by atoms with E-state index in [-0.39, 0.29) is 17.2 Å². The zero-order valence-electron chi connectivity index (χ0n) is 10.0. The molecule has 108 valence electrons. The van der Waals surface area contributed by atoms with Crippen LogP contribution in [0.5, 0.6) is 0 Å². The van der Waals surface area contributed by atoms with E-state index in [1.807, 2.05) is 0 Å². The first-order valence-electron chi connectivity index (χ1n) is 5.45. The maximum absolute atomic E-state index is 12.6. The molecule has 0 aliphatic rings. The Morgan fingerprint density at radius 2 is 1.86 bits per heavy atom. The summed E-state index contributed by atoms with van der Waals surface area (Å²) in [7, 11) is 0. The minimum absolute atomic E-state index is 0.117. The van der Waals surface area contributed by atoms with Crippen molar-refractivity contribution in [3.8, 4) is 11.9 Å². The van der Waals surface area contributed by atoms with Crippen molar-refractivity contribution in [2.24, 2.45) is 0 Å². The van der Waals surface area contributed by atoms with Gasteiger partial charge in [-0.15, -0.1) is 0 Å². The molecule has 0 saturated heterocycles. The monoisotopic (exact) mass is 315 g/mol. The smallest absolute Gasteiger partial charge is 0.274 e. The predicted octanol–water partition coefficient (Wildman–Crippen LogP) is 1.92. The van der Waals surface area contributed by atoms with Crippen molar-refractivity contribution >= 4 is 11.6 Å². The molecule has 0 saturated carbocycles. The van der Waals surface area contributed by atoms with Crippen molar-refractivity contribution < 1.29 is 13.2 Å². The number of nitrogens with zero attached hydrogens (tertiary/aromatic N) is 7. The van der Waals surface area contributed by atoms with Gasteiger partial charge in [0.25, 0.3) is 5.95 Å². The normalized spacial score (nSPS) is 11.8. The van der Waals surface area contributed by atoms with Crippen molar-refractivity contribution in [1.82, 2.24) is 34.3 Å². The molecule has 3 aromatic heterocycles. The molecule has 0 aromatic carbocycles. The van der Waals surface area contributed by atoms with Crippen LogP contribution in [0.1, 0.15) is 5.56 Å². The van der Waals surface area contributed by atoms with E-state index in [2.05, 4.69) is 25.0 Å². The van der Waals surface area contributed by atoms with Crippen molar-refractivity contribution in [2.45, 2.75) is 6.18 Å². The lowest BCUT2D eigenvalue weighted by Gasteiger charge is -2.04. The third-order valence-corrected chi connectivity index (χ3v) is 2.60. The third-order valence-electron chi connectivity index (χ3n) is 2.43. The molecule has 0 atom stereocenters. The zero-order chi connectivity index (χ0) is 15.0. The summed E-state index contributed by atoms with van der Waals surface area (Å²) in [5.41, 5.74) is -0.914. The fourth-order valence-electron chi connectivity index (χ4n) is 1.50. The lowest BCUT2D eigenvalue weighted by molar-refractivity contribution is -0.137. The van der Waals surface area contributed by atoms with Crippen LogP contribution < -0.4 is 0 Å². The summed E-state index contributed by atoms with van der Waals surface area (Å²) >= 11 is 5.75. The number of hydrogen-bond donors (Lipinski definition) is 0. The summed E-state index contributed by atoms with van der Waals surface area (Å²) in [5, 5.41) is 3.40. The van der Waals surface area contributed by atoms with E-state index < -0.39 is 11.7 Å². The molecule has 3 heterocycles. The van der Waals surface area contributed by atoms with E-state index in [0.717, 1.165) is 10.9 Å². The third kappa shape index (κ3) is 2.70. The molecule has 0 bridgehead atoms. The van der Waals surface area contributed by atoms with Crippen LogP contribution in [0.4, 0.5) is 13.2 Å². The average molecular weight is 316 g/mol. The molecule has 3 aromatic rings. The van der Waals surface area contributed by atoms with Crippen LogP contribution in [0.3, 0.4) is 0 Å². The second-order valence-corrected chi connectivity index (χ2v) is 4.18. The molecular formula is C10H5ClF3N7. The van der Waals surface area contributed by atoms with E-state index in [1.54, 1.807) is 6.20 Å². The number of halogens is 4. The lowest BCUT2D eigenvalue weighted by atomic mass is 10.4. The molecular weight excluding hydrogens is 311 g/mol. The van der Waals surface area contributed by atoms with Crippen LogP contribution in [0.2, 0.25) is 5.28 Å². The molecule has 7 nitrogen and oxygen atoms in total. The van der Waals surface area contributed by atoms with Crippen LogP contribution >= 0.6 is 11.6 Å². The summed E-state index contributed by atoms with van der Waals surface area (Å²) in [6.45, 7) is 0. The lowest BCUT2D eigenvalue weighted by Crippen LogP contribution is -2.08. The van der Waals surface area contributed by atoms with Crippen LogP contribution in [0.25, 0.3) is 11.9 Å². The van der Waals surface area contributed by atoms with Gasteiger partial charge in [-0.2, -0.15) is 33.2 Å². The molecule has 0 spiro atoms. The summed E-state index contributed by atoms with van der Waals surface area (Å²) in [4.78, 5) is 15.4. The van der Waals surface area contributed by atoms with Gasteiger partial charge >= 0.3 is 6.18 Å². The molecule has 0 fully saturated rings. The number of alkyl halides is 3. The van der Waals surface area contributed by atoms with E-state index in [1.165, 1.54) is 17.1 Å². The molecule has 0 radical (unpaired) electrons. The Kier molecular flexibility index (Phi) is 3.09. The minimum atomic E-state index is -4.50. The second-order valence-electron chi connectivity index (χ2n) is 3.85. The van der Waals surface area contributed by atoms with Crippen LogP contribution in [0.15, 0.2) is 31.1 Å².